The summed E-state index contributed by atoms with van der Waals surface area (Å²) in [6.07, 6.45) is 4.94. The Hall–Kier alpha value is -2.32. The highest BCUT2D eigenvalue weighted by atomic mass is 16.1. The van der Waals surface area contributed by atoms with Crippen LogP contribution in [0, 0.1) is 24.2 Å². The lowest BCUT2D eigenvalue weighted by molar-refractivity contribution is -0.117. The van der Waals surface area contributed by atoms with Gasteiger partial charge in [0, 0.05) is 38.4 Å². The molecule has 0 unspecified atom stereocenters. The summed E-state index contributed by atoms with van der Waals surface area (Å²) in [5, 5.41) is 12.0. The van der Waals surface area contributed by atoms with Gasteiger partial charge in [0.2, 0.25) is 0 Å². The molecule has 1 heterocycles. The number of anilines is 1. The Bertz CT molecular complexity index is 694. The molecule has 0 atom stereocenters. The van der Waals surface area contributed by atoms with E-state index in [1.165, 1.54) is 11.3 Å². The van der Waals surface area contributed by atoms with Crippen LogP contribution in [0.5, 0.6) is 0 Å². The van der Waals surface area contributed by atoms with Crippen LogP contribution in [-0.4, -0.2) is 50.1 Å². The van der Waals surface area contributed by atoms with Crippen LogP contribution in [0.4, 0.5) is 5.69 Å². The maximum atomic E-state index is 12.0. The van der Waals surface area contributed by atoms with Crippen molar-refractivity contribution < 1.29 is 4.79 Å². The second-order valence-electron chi connectivity index (χ2n) is 7.31. The Labute approximate surface area is 156 Å². The van der Waals surface area contributed by atoms with Gasteiger partial charge < -0.3 is 10.2 Å². The summed E-state index contributed by atoms with van der Waals surface area (Å²) in [6.45, 7) is 7.92. The van der Waals surface area contributed by atoms with Crippen molar-refractivity contribution in [2.24, 2.45) is 5.92 Å². The number of nitrogens with zero attached hydrogens (tertiary/aromatic N) is 3. The first kappa shape index (κ1) is 18.5. The van der Waals surface area contributed by atoms with Gasteiger partial charge in [-0.3, -0.25) is 9.69 Å². The van der Waals surface area contributed by atoms with Crippen molar-refractivity contribution in [2.45, 2.75) is 26.2 Å². The first-order valence-electron chi connectivity index (χ1n) is 9.60. The fourth-order valence-electron chi connectivity index (χ4n) is 3.32. The zero-order valence-corrected chi connectivity index (χ0v) is 15.6. The Morgan fingerprint density at radius 2 is 2.08 bits per heavy atom. The van der Waals surface area contributed by atoms with E-state index in [1.54, 1.807) is 0 Å². The largest absolute Gasteiger partial charge is 0.369 e. The van der Waals surface area contributed by atoms with E-state index in [2.05, 4.69) is 46.3 Å². The standard InChI is InChI=1S/C21H28N4O/c1-17-4-2-5-20(14-17)25-12-10-24(11-13-25)9-3-8-23-21(26)19(16-22)15-18-6-7-18/h2,4-5,14-15,18H,3,6-13H2,1H3,(H,23,26). The van der Waals surface area contributed by atoms with Crippen molar-refractivity contribution in [3.63, 3.8) is 0 Å². The first-order valence-corrected chi connectivity index (χ1v) is 9.60. The molecule has 0 bridgehead atoms. The third-order valence-electron chi connectivity index (χ3n) is 5.07. The highest BCUT2D eigenvalue weighted by molar-refractivity contribution is 5.97. The minimum atomic E-state index is -0.219. The third-order valence-corrected chi connectivity index (χ3v) is 5.07. The van der Waals surface area contributed by atoms with Crippen molar-refractivity contribution in [3.8, 4) is 6.07 Å². The number of piperazine rings is 1. The topological polar surface area (TPSA) is 59.4 Å². The van der Waals surface area contributed by atoms with Crippen molar-refractivity contribution in [1.29, 1.82) is 5.26 Å². The Morgan fingerprint density at radius 3 is 2.73 bits per heavy atom. The zero-order valence-electron chi connectivity index (χ0n) is 15.6. The van der Waals surface area contributed by atoms with Crippen LogP contribution in [0.15, 0.2) is 35.9 Å². The molecule has 0 radical (unpaired) electrons. The SMILES string of the molecule is Cc1cccc(N2CCN(CCCNC(=O)C(C#N)=CC3CC3)CC2)c1. The molecule has 0 spiro atoms. The number of aryl methyl sites for hydroxylation is 1. The summed E-state index contributed by atoms with van der Waals surface area (Å²) < 4.78 is 0. The molecule has 1 aromatic carbocycles. The molecule has 0 aromatic heterocycles. The maximum Gasteiger partial charge on any atom is 0.261 e. The number of hydrogen-bond acceptors (Lipinski definition) is 4. The predicted molar refractivity (Wildman–Crippen MR) is 104 cm³/mol. The molecule has 1 aromatic rings. The lowest BCUT2D eigenvalue weighted by Crippen LogP contribution is -2.47. The van der Waals surface area contributed by atoms with Gasteiger partial charge in [-0.05, 0) is 56.3 Å². The van der Waals surface area contributed by atoms with Gasteiger partial charge in [-0.25, -0.2) is 0 Å². The van der Waals surface area contributed by atoms with Gasteiger partial charge in [0.1, 0.15) is 11.6 Å². The first-order chi connectivity index (χ1) is 12.7. The Balaban J connectivity index is 1.34. The lowest BCUT2D eigenvalue weighted by atomic mass is 10.2. The molecule has 1 saturated carbocycles. The number of benzene rings is 1. The molecule has 2 fully saturated rings. The van der Waals surface area contributed by atoms with Gasteiger partial charge >= 0.3 is 0 Å². The Morgan fingerprint density at radius 1 is 1.31 bits per heavy atom. The minimum Gasteiger partial charge on any atom is -0.369 e. The molecule has 1 aliphatic carbocycles. The number of allylic oxidation sites excluding steroid dienone is 1. The summed E-state index contributed by atoms with van der Waals surface area (Å²) in [7, 11) is 0. The van der Waals surface area contributed by atoms with E-state index in [-0.39, 0.29) is 11.5 Å². The van der Waals surface area contributed by atoms with Crippen LogP contribution in [0.2, 0.25) is 0 Å². The number of rotatable bonds is 7. The monoisotopic (exact) mass is 352 g/mol. The molecule has 138 valence electrons. The highest BCUT2D eigenvalue weighted by Gasteiger charge is 2.21. The van der Waals surface area contributed by atoms with E-state index in [4.69, 9.17) is 5.26 Å². The smallest absolute Gasteiger partial charge is 0.261 e. The summed E-state index contributed by atoms with van der Waals surface area (Å²) in [4.78, 5) is 16.9. The molecule has 5 heteroatoms. The Kier molecular flexibility index (Phi) is 6.30. The summed E-state index contributed by atoms with van der Waals surface area (Å²) in [5.41, 5.74) is 2.89. The lowest BCUT2D eigenvalue weighted by Gasteiger charge is -2.36. The number of carbonyl (C=O) groups is 1. The summed E-state index contributed by atoms with van der Waals surface area (Å²) in [6, 6.07) is 10.7. The van der Waals surface area contributed by atoms with Crippen molar-refractivity contribution in [2.75, 3.05) is 44.2 Å². The maximum absolute atomic E-state index is 12.0. The number of carbonyl (C=O) groups excluding carboxylic acids is 1. The number of nitrogens with one attached hydrogen (secondary N) is 1. The van der Waals surface area contributed by atoms with Gasteiger partial charge in [0.25, 0.3) is 5.91 Å². The molecule has 1 N–H and O–H groups in total. The van der Waals surface area contributed by atoms with E-state index in [0.29, 0.717) is 12.5 Å². The van der Waals surface area contributed by atoms with Crippen LogP contribution in [0.1, 0.15) is 24.8 Å². The molecule has 1 saturated heterocycles. The second-order valence-corrected chi connectivity index (χ2v) is 7.31. The van der Waals surface area contributed by atoms with E-state index >= 15 is 0 Å². The molecule has 26 heavy (non-hydrogen) atoms. The number of amides is 1. The molecule has 1 amide bonds. The third kappa shape index (κ3) is 5.34. The van der Waals surface area contributed by atoms with Gasteiger partial charge in [0.15, 0.2) is 0 Å². The van der Waals surface area contributed by atoms with Gasteiger partial charge in [-0.15, -0.1) is 0 Å². The molecular formula is C21H28N4O. The highest BCUT2D eigenvalue weighted by Crippen LogP contribution is 2.31. The average Bonchev–Trinajstić information content (AvgIpc) is 3.48. The van der Waals surface area contributed by atoms with Crippen LogP contribution < -0.4 is 10.2 Å². The fourth-order valence-corrected chi connectivity index (χ4v) is 3.32. The molecule has 1 aliphatic heterocycles. The van der Waals surface area contributed by atoms with Gasteiger partial charge in [-0.2, -0.15) is 5.26 Å². The molecule has 3 rings (SSSR count). The molecule has 2 aliphatic rings. The number of hydrogen-bond donors (Lipinski definition) is 1. The minimum absolute atomic E-state index is 0.219. The molecule has 5 nitrogen and oxygen atoms in total. The number of nitriles is 1. The van der Waals surface area contributed by atoms with Crippen molar-refractivity contribution >= 4 is 11.6 Å². The van der Waals surface area contributed by atoms with Crippen molar-refractivity contribution in [1.82, 2.24) is 10.2 Å². The van der Waals surface area contributed by atoms with Gasteiger partial charge in [0.05, 0.1) is 0 Å². The molecular weight excluding hydrogens is 324 g/mol. The van der Waals surface area contributed by atoms with Crippen LogP contribution in [0.3, 0.4) is 0 Å². The summed E-state index contributed by atoms with van der Waals surface area (Å²) >= 11 is 0. The fraction of sp³-hybridized carbons (Fsp3) is 0.524. The van der Waals surface area contributed by atoms with Crippen LogP contribution in [0.25, 0.3) is 0 Å². The van der Waals surface area contributed by atoms with Crippen molar-refractivity contribution in [3.05, 3.63) is 41.5 Å². The summed E-state index contributed by atoms with van der Waals surface area (Å²) in [5.74, 6) is 0.226. The normalized spacial score (nSPS) is 18.5. The predicted octanol–water partition coefficient (Wildman–Crippen LogP) is 2.48. The zero-order chi connectivity index (χ0) is 18.4. The second kappa shape index (κ2) is 8.86. The quantitative estimate of drug-likeness (QED) is 0.465. The van der Waals surface area contributed by atoms with Crippen LogP contribution in [-0.2, 0) is 4.79 Å². The van der Waals surface area contributed by atoms with E-state index in [1.807, 2.05) is 12.1 Å². The van der Waals surface area contributed by atoms with Gasteiger partial charge in [-0.1, -0.05) is 18.2 Å². The van der Waals surface area contributed by atoms with Crippen LogP contribution >= 0.6 is 0 Å². The van der Waals surface area contributed by atoms with E-state index in [0.717, 1.165) is 52.0 Å². The average molecular weight is 352 g/mol. The van der Waals surface area contributed by atoms with E-state index < -0.39 is 0 Å². The van der Waals surface area contributed by atoms with E-state index in [9.17, 15) is 4.79 Å².